The van der Waals surface area contributed by atoms with E-state index in [0.717, 1.165) is 53.1 Å². The Kier molecular flexibility index (Phi) is 7.96. The highest BCUT2D eigenvalue weighted by atomic mass is 32.2. The van der Waals surface area contributed by atoms with Gasteiger partial charge in [0.2, 0.25) is 11.8 Å². The molecule has 0 spiro atoms. The first kappa shape index (κ1) is 25.5. The van der Waals surface area contributed by atoms with Gasteiger partial charge in [0.15, 0.2) is 0 Å². The lowest BCUT2D eigenvalue weighted by molar-refractivity contribution is -0.117. The number of fused-ring (bicyclic) bond motifs is 1. The molecule has 37 heavy (non-hydrogen) atoms. The number of anilines is 2. The number of rotatable bonds is 9. The fraction of sp³-hybridized carbons (Fsp3) is 0.345. The Bertz CT molecular complexity index is 1300. The van der Waals surface area contributed by atoms with E-state index < -0.39 is 0 Å². The van der Waals surface area contributed by atoms with Crippen LogP contribution in [0.5, 0.6) is 0 Å². The predicted molar refractivity (Wildman–Crippen MR) is 149 cm³/mol. The summed E-state index contributed by atoms with van der Waals surface area (Å²) in [6.45, 7) is 2.07. The Hall–Kier alpha value is -3.10. The molecule has 1 unspecified atom stereocenters. The molecule has 192 valence electrons. The van der Waals surface area contributed by atoms with E-state index in [0.29, 0.717) is 16.5 Å². The second-order valence-electron chi connectivity index (χ2n) is 9.41. The van der Waals surface area contributed by atoms with E-state index in [9.17, 15) is 14.4 Å². The number of carbonyl (C=O) groups is 3. The highest BCUT2D eigenvalue weighted by Crippen LogP contribution is 2.43. The van der Waals surface area contributed by atoms with Gasteiger partial charge >= 0.3 is 5.97 Å². The van der Waals surface area contributed by atoms with Crippen LogP contribution in [-0.2, 0) is 27.2 Å². The summed E-state index contributed by atoms with van der Waals surface area (Å²) in [6, 6.07) is 18.0. The van der Waals surface area contributed by atoms with Gasteiger partial charge in [0, 0.05) is 21.4 Å². The fourth-order valence-electron chi connectivity index (χ4n) is 4.67. The minimum absolute atomic E-state index is 0.0579. The predicted octanol–water partition coefficient (Wildman–Crippen LogP) is 6.28. The van der Waals surface area contributed by atoms with Gasteiger partial charge in [0.05, 0.1) is 17.9 Å². The quantitative estimate of drug-likeness (QED) is 0.249. The zero-order valence-electron chi connectivity index (χ0n) is 20.8. The summed E-state index contributed by atoms with van der Waals surface area (Å²) < 4.78 is 5.36. The number of nitrogens with one attached hydrogen (secondary N) is 2. The number of thiophene rings is 1. The van der Waals surface area contributed by atoms with Crippen molar-refractivity contribution in [2.24, 2.45) is 5.92 Å². The molecule has 2 aliphatic carbocycles. The summed E-state index contributed by atoms with van der Waals surface area (Å²) in [7, 11) is 0. The maximum Gasteiger partial charge on any atom is 0.341 e. The van der Waals surface area contributed by atoms with Gasteiger partial charge in [0.25, 0.3) is 0 Å². The third kappa shape index (κ3) is 6.25. The Labute approximate surface area is 225 Å². The molecule has 0 radical (unpaired) electrons. The molecule has 8 heteroatoms. The molecular formula is C29H30N2O4S2. The van der Waals surface area contributed by atoms with Gasteiger partial charge in [-0.2, -0.15) is 0 Å². The average molecular weight is 535 g/mol. The summed E-state index contributed by atoms with van der Waals surface area (Å²) in [5.74, 6) is 0.228. The largest absolute Gasteiger partial charge is 0.462 e. The Morgan fingerprint density at radius 2 is 1.84 bits per heavy atom. The van der Waals surface area contributed by atoms with Crippen molar-refractivity contribution in [3.63, 3.8) is 0 Å². The standard InChI is InChI=1S/C29H30N2O4S2/c1-2-35-29(34)26-23-14-13-20(18-7-4-3-5-8-18)15-24(23)37-28(26)31-25(32)17-36-22-10-6-9-21(16-22)30-27(33)19-11-12-19/h3-10,16,19-20H,2,11-15,17H2,1H3,(H,30,33)(H,31,32). The van der Waals surface area contributed by atoms with E-state index in [1.54, 1.807) is 6.92 Å². The van der Waals surface area contributed by atoms with Gasteiger partial charge in [-0.1, -0.05) is 36.4 Å². The SMILES string of the molecule is CCOC(=O)c1c(NC(=O)CSc2cccc(NC(=O)C3CC3)c2)sc2c1CCC(c1ccccc1)C2. The number of esters is 1. The van der Waals surface area contributed by atoms with Crippen LogP contribution in [-0.4, -0.2) is 30.1 Å². The number of carbonyl (C=O) groups excluding carboxylic acids is 3. The van der Waals surface area contributed by atoms with Crippen LogP contribution >= 0.6 is 23.1 Å². The Morgan fingerprint density at radius 3 is 2.59 bits per heavy atom. The highest BCUT2D eigenvalue weighted by molar-refractivity contribution is 8.00. The van der Waals surface area contributed by atoms with Crippen molar-refractivity contribution in [2.45, 2.75) is 49.8 Å². The topological polar surface area (TPSA) is 84.5 Å². The number of ether oxygens (including phenoxy) is 1. The Morgan fingerprint density at radius 1 is 1.03 bits per heavy atom. The molecule has 1 saturated carbocycles. The number of amides is 2. The van der Waals surface area contributed by atoms with Gasteiger partial charge in [-0.25, -0.2) is 4.79 Å². The van der Waals surface area contributed by atoms with Crippen LogP contribution in [0.3, 0.4) is 0 Å². The zero-order chi connectivity index (χ0) is 25.8. The second-order valence-corrected chi connectivity index (χ2v) is 11.6. The lowest BCUT2D eigenvalue weighted by Gasteiger charge is -2.23. The molecule has 1 fully saturated rings. The summed E-state index contributed by atoms with van der Waals surface area (Å²) in [4.78, 5) is 39.9. The van der Waals surface area contributed by atoms with E-state index in [4.69, 9.17) is 4.74 Å². The van der Waals surface area contributed by atoms with E-state index in [1.165, 1.54) is 28.7 Å². The van der Waals surface area contributed by atoms with Crippen LogP contribution in [0, 0.1) is 5.92 Å². The van der Waals surface area contributed by atoms with E-state index in [2.05, 4.69) is 34.9 Å². The summed E-state index contributed by atoms with van der Waals surface area (Å²) >= 11 is 2.89. The Balaban J connectivity index is 1.27. The van der Waals surface area contributed by atoms with E-state index in [1.807, 2.05) is 30.3 Å². The first-order valence-corrected chi connectivity index (χ1v) is 14.5. The van der Waals surface area contributed by atoms with Crippen LogP contribution in [0.15, 0.2) is 59.5 Å². The molecule has 0 aliphatic heterocycles. The van der Waals surface area contributed by atoms with Crippen LogP contribution in [0.2, 0.25) is 0 Å². The van der Waals surface area contributed by atoms with Crippen molar-refractivity contribution in [2.75, 3.05) is 23.0 Å². The average Bonchev–Trinajstić information content (AvgIpc) is 3.70. The van der Waals surface area contributed by atoms with Crippen LogP contribution in [0.25, 0.3) is 0 Å². The second kappa shape index (κ2) is 11.5. The molecule has 0 bridgehead atoms. The molecule has 6 nitrogen and oxygen atoms in total. The molecule has 1 atom stereocenters. The van der Waals surface area contributed by atoms with Gasteiger partial charge < -0.3 is 15.4 Å². The van der Waals surface area contributed by atoms with Crippen molar-refractivity contribution in [1.29, 1.82) is 0 Å². The first-order valence-electron chi connectivity index (χ1n) is 12.7. The summed E-state index contributed by atoms with van der Waals surface area (Å²) in [5.41, 5.74) is 3.57. The smallest absolute Gasteiger partial charge is 0.341 e. The maximum absolute atomic E-state index is 12.9. The van der Waals surface area contributed by atoms with Crippen molar-refractivity contribution in [3.8, 4) is 0 Å². The molecule has 3 aromatic rings. The van der Waals surface area contributed by atoms with Crippen molar-refractivity contribution < 1.29 is 19.1 Å². The molecule has 1 heterocycles. The van der Waals surface area contributed by atoms with Gasteiger partial charge in [-0.05, 0) is 74.3 Å². The van der Waals surface area contributed by atoms with Crippen LogP contribution in [0.4, 0.5) is 10.7 Å². The molecule has 1 aromatic heterocycles. The molecule has 5 rings (SSSR count). The zero-order valence-corrected chi connectivity index (χ0v) is 22.4. The lowest BCUT2D eigenvalue weighted by atomic mass is 9.83. The van der Waals surface area contributed by atoms with Gasteiger partial charge in [-0.15, -0.1) is 23.1 Å². The van der Waals surface area contributed by atoms with Gasteiger partial charge in [0.1, 0.15) is 5.00 Å². The highest BCUT2D eigenvalue weighted by Gasteiger charge is 2.31. The van der Waals surface area contributed by atoms with Crippen molar-refractivity contribution in [3.05, 3.63) is 76.2 Å². The van der Waals surface area contributed by atoms with E-state index >= 15 is 0 Å². The number of hydrogen-bond acceptors (Lipinski definition) is 6. The monoisotopic (exact) mass is 534 g/mol. The fourth-order valence-corrected chi connectivity index (χ4v) is 6.75. The summed E-state index contributed by atoms with van der Waals surface area (Å²) in [5, 5.41) is 6.51. The van der Waals surface area contributed by atoms with Crippen molar-refractivity contribution >= 4 is 51.6 Å². The van der Waals surface area contributed by atoms with Crippen LogP contribution in [0.1, 0.15) is 58.5 Å². The molecule has 2 aliphatic rings. The molecule has 2 amide bonds. The first-order chi connectivity index (χ1) is 18.0. The van der Waals surface area contributed by atoms with Crippen LogP contribution < -0.4 is 10.6 Å². The number of hydrogen-bond donors (Lipinski definition) is 2. The number of thioether (sulfide) groups is 1. The van der Waals surface area contributed by atoms with Crippen molar-refractivity contribution in [1.82, 2.24) is 0 Å². The third-order valence-corrected chi connectivity index (χ3v) is 8.85. The van der Waals surface area contributed by atoms with E-state index in [-0.39, 0.29) is 36.1 Å². The number of benzene rings is 2. The molecule has 2 aromatic carbocycles. The molecule has 2 N–H and O–H groups in total. The minimum atomic E-state index is -0.375. The minimum Gasteiger partial charge on any atom is -0.462 e. The summed E-state index contributed by atoms with van der Waals surface area (Å²) in [6.07, 6.45) is 4.49. The molecule has 0 saturated heterocycles. The lowest BCUT2D eigenvalue weighted by Crippen LogP contribution is -2.18. The van der Waals surface area contributed by atoms with Gasteiger partial charge in [-0.3, -0.25) is 9.59 Å². The maximum atomic E-state index is 12.9. The molecular weight excluding hydrogens is 504 g/mol. The normalized spacial score (nSPS) is 16.5. The third-order valence-electron chi connectivity index (χ3n) is 6.69.